The van der Waals surface area contributed by atoms with Gasteiger partial charge in [-0.15, -0.1) is 0 Å². The summed E-state index contributed by atoms with van der Waals surface area (Å²) in [5.74, 6) is 1.57. The van der Waals surface area contributed by atoms with E-state index in [1.54, 1.807) is 0 Å². The van der Waals surface area contributed by atoms with Gasteiger partial charge >= 0.3 is 5.97 Å². The van der Waals surface area contributed by atoms with E-state index < -0.39 is 0 Å². The molecule has 1 aliphatic rings. The summed E-state index contributed by atoms with van der Waals surface area (Å²) in [5, 5.41) is 0. The molecule has 0 radical (unpaired) electrons. The minimum absolute atomic E-state index is 0.0320. The van der Waals surface area contributed by atoms with Crippen LogP contribution >= 0.6 is 0 Å². The van der Waals surface area contributed by atoms with Gasteiger partial charge in [0, 0.05) is 0 Å². The van der Waals surface area contributed by atoms with Crippen LogP contribution < -0.4 is 0 Å². The second-order valence-electron chi connectivity index (χ2n) is 6.19. The summed E-state index contributed by atoms with van der Waals surface area (Å²) in [6.45, 7) is 9.28. The van der Waals surface area contributed by atoms with Crippen molar-refractivity contribution >= 4 is 5.97 Å². The van der Waals surface area contributed by atoms with Gasteiger partial charge in [-0.2, -0.15) is 0 Å². The Balaban J connectivity index is 2.03. The Morgan fingerprint density at radius 3 is 2.56 bits per heavy atom. The molecular weight excluding hydrogens is 224 g/mol. The lowest BCUT2D eigenvalue weighted by atomic mass is 9.76. The third-order valence-corrected chi connectivity index (χ3v) is 3.77. The van der Waals surface area contributed by atoms with E-state index in [4.69, 9.17) is 4.74 Å². The number of rotatable bonds is 7. The smallest absolute Gasteiger partial charge is 0.308 e. The monoisotopic (exact) mass is 252 g/mol. The lowest BCUT2D eigenvalue weighted by Crippen LogP contribution is -2.30. The van der Waals surface area contributed by atoms with Crippen LogP contribution in [-0.2, 0) is 9.53 Å². The van der Waals surface area contributed by atoms with Gasteiger partial charge in [-0.05, 0) is 57.8 Å². The fraction of sp³-hybridized carbons (Fsp3) is 0.812. The molecule has 1 atom stereocenters. The predicted octanol–water partition coefficient (Wildman–Crippen LogP) is 4.35. The lowest BCUT2D eigenvalue weighted by Gasteiger charge is -2.30. The summed E-state index contributed by atoms with van der Waals surface area (Å²) < 4.78 is 5.34. The van der Waals surface area contributed by atoms with Gasteiger partial charge in [0.15, 0.2) is 0 Å². The number of carbonyl (C=O) groups is 1. The Morgan fingerprint density at radius 1 is 1.33 bits per heavy atom. The van der Waals surface area contributed by atoms with Crippen LogP contribution in [0.5, 0.6) is 0 Å². The van der Waals surface area contributed by atoms with Crippen LogP contribution in [0.25, 0.3) is 0 Å². The maximum atomic E-state index is 11.6. The highest BCUT2D eigenvalue weighted by molar-refractivity contribution is 5.73. The molecule has 104 valence electrons. The SMILES string of the molecule is CC(C)=CCCC(C)CCOC(=O)C1CC(C)C1. The number of ether oxygens (including phenoxy) is 1. The topological polar surface area (TPSA) is 26.3 Å². The summed E-state index contributed by atoms with van der Waals surface area (Å²) in [6, 6.07) is 0. The molecule has 1 rings (SSSR count). The van der Waals surface area contributed by atoms with Gasteiger partial charge in [0.1, 0.15) is 0 Å². The lowest BCUT2D eigenvalue weighted by molar-refractivity contribution is -0.153. The highest BCUT2D eigenvalue weighted by Gasteiger charge is 2.32. The van der Waals surface area contributed by atoms with Crippen molar-refractivity contribution in [2.24, 2.45) is 17.8 Å². The predicted molar refractivity (Wildman–Crippen MR) is 75.3 cm³/mol. The first-order valence-electron chi connectivity index (χ1n) is 7.29. The van der Waals surface area contributed by atoms with Crippen molar-refractivity contribution in [2.45, 2.75) is 59.8 Å². The van der Waals surface area contributed by atoms with Gasteiger partial charge in [0.2, 0.25) is 0 Å². The van der Waals surface area contributed by atoms with Crippen LogP contribution in [0.3, 0.4) is 0 Å². The highest BCUT2D eigenvalue weighted by atomic mass is 16.5. The fourth-order valence-corrected chi connectivity index (χ4v) is 2.37. The van der Waals surface area contributed by atoms with Crippen LogP contribution in [0.4, 0.5) is 0 Å². The first-order valence-corrected chi connectivity index (χ1v) is 7.29. The quantitative estimate of drug-likeness (QED) is 0.497. The molecule has 0 aromatic rings. The fourth-order valence-electron chi connectivity index (χ4n) is 2.37. The molecule has 2 nitrogen and oxygen atoms in total. The zero-order valence-corrected chi connectivity index (χ0v) is 12.4. The number of carbonyl (C=O) groups excluding carboxylic acids is 1. The van der Waals surface area contributed by atoms with Crippen molar-refractivity contribution in [3.05, 3.63) is 11.6 Å². The highest BCUT2D eigenvalue weighted by Crippen LogP contribution is 2.33. The van der Waals surface area contributed by atoms with E-state index in [9.17, 15) is 4.79 Å². The molecule has 0 aromatic carbocycles. The Morgan fingerprint density at radius 2 is 2.00 bits per heavy atom. The number of esters is 1. The average Bonchev–Trinajstić information content (AvgIpc) is 2.24. The minimum Gasteiger partial charge on any atom is -0.465 e. The zero-order chi connectivity index (χ0) is 13.5. The van der Waals surface area contributed by atoms with Crippen LogP contribution in [0, 0.1) is 17.8 Å². The van der Waals surface area contributed by atoms with E-state index in [0.717, 1.165) is 25.7 Å². The van der Waals surface area contributed by atoms with E-state index in [1.165, 1.54) is 12.0 Å². The van der Waals surface area contributed by atoms with Gasteiger partial charge in [0.25, 0.3) is 0 Å². The Kier molecular flexibility index (Phi) is 6.45. The summed E-state index contributed by atoms with van der Waals surface area (Å²) >= 11 is 0. The molecule has 2 heteroatoms. The summed E-state index contributed by atoms with van der Waals surface area (Å²) in [6.07, 6.45) is 7.63. The van der Waals surface area contributed by atoms with Gasteiger partial charge in [0.05, 0.1) is 12.5 Å². The molecule has 1 saturated carbocycles. The molecular formula is C16H28O2. The van der Waals surface area contributed by atoms with Crippen molar-refractivity contribution in [3.63, 3.8) is 0 Å². The molecule has 18 heavy (non-hydrogen) atoms. The standard InChI is InChI=1S/C16H28O2/c1-12(2)6-5-7-13(3)8-9-18-16(17)15-10-14(4)11-15/h6,13-15H,5,7-11H2,1-4H3. The molecule has 1 fully saturated rings. The van der Waals surface area contributed by atoms with Gasteiger partial charge < -0.3 is 4.74 Å². The van der Waals surface area contributed by atoms with Gasteiger partial charge in [-0.3, -0.25) is 4.79 Å². The van der Waals surface area contributed by atoms with E-state index in [1.807, 2.05) is 0 Å². The molecule has 0 amide bonds. The molecule has 0 heterocycles. The largest absolute Gasteiger partial charge is 0.465 e. The number of allylic oxidation sites excluding steroid dienone is 2. The Labute approximate surface area is 112 Å². The van der Waals surface area contributed by atoms with Crippen LogP contribution in [0.1, 0.15) is 59.8 Å². The van der Waals surface area contributed by atoms with Gasteiger partial charge in [-0.25, -0.2) is 0 Å². The average molecular weight is 252 g/mol. The van der Waals surface area contributed by atoms with Crippen LogP contribution in [-0.4, -0.2) is 12.6 Å². The van der Waals surface area contributed by atoms with Gasteiger partial charge in [-0.1, -0.05) is 25.5 Å². The third-order valence-electron chi connectivity index (χ3n) is 3.77. The van der Waals surface area contributed by atoms with Crippen molar-refractivity contribution in [3.8, 4) is 0 Å². The maximum absolute atomic E-state index is 11.6. The third kappa shape index (κ3) is 5.70. The van der Waals surface area contributed by atoms with E-state index in [-0.39, 0.29) is 11.9 Å². The molecule has 0 bridgehead atoms. The van der Waals surface area contributed by atoms with Crippen molar-refractivity contribution in [2.75, 3.05) is 6.61 Å². The summed E-state index contributed by atoms with van der Waals surface area (Å²) in [5.41, 5.74) is 1.38. The van der Waals surface area contributed by atoms with E-state index >= 15 is 0 Å². The van der Waals surface area contributed by atoms with E-state index in [0.29, 0.717) is 18.4 Å². The first-order chi connectivity index (χ1) is 8.49. The summed E-state index contributed by atoms with van der Waals surface area (Å²) in [4.78, 5) is 11.6. The normalized spacial score (nSPS) is 24.0. The van der Waals surface area contributed by atoms with E-state index in [2.05, 4.69) is 33.8 Å². The second-order valence-corrected chi connectivity index (χ2v) is 6.19. The number of hydrogen-bond donors (Lipinski definition) is 0. The van der Waals surface area contributed by atoms with Crippen molar-refractivity contribution in [1.29, 1.82) is 0 Å². The van der Waals surface area contributed by atoms with Crippen LogP contribution in [0.15, 0.2) is 11.6 Å². The summed E-state index contributed by atoms with van der Waals surface area (Å²) in [7, 11) is 0. The van der Waals surface area contributed by atoms with Crippen molar-refractivity contribution < 1.29 is 9.53 Å². The van der Waals surface area contributed by atoms with Crippen LogP contribution in [0.2, 0.25) is 0 Å². The van der Waals surface area contributed by atoms with Crippen molar-refractivity contribution in [1.82, 2.24) is 0 Å². The zero-order valence-electron chi connectivity index (χ0n) is 12.4. The molecule has 0 N–H and O–H groups in total. The molecule has 0 aromatic heterocycles. The Bertz CT molecular complexity index is 283. The number of hydrogen-bond acceptors (Lipinski definition) is 2. The molecule has 0 aliphatic heterocycles. The molecule has 0 saturated heterocycles. The maximum Gasteiger partial charge on any atom is 0.308 e. The Hall–Kier alpha value is -0.790. The molecule has 1 unspecified atom stereocenters. The molecule has 1 aliphatic carbocycles. The first kappa shape index (κ1) is 15.3. The second kappa shape index (κ2) is 7.60. The molecule has 0 spiro atoms. The minimum atomic E-state index is 0.0320.